The Morgan fingerprint density at radius 1 is 1.60 bits per heavy atom. The Morgan fingerprint density at radius 3 is 3.07 bits per heavy atom. The van der Waals surface area contributed by atoms with Crippen LogP contribution in [0.25, 0.3) is 0 Å². The van der Waals surface area contributed by atoms with Crippen molar-refractivity contribution in [2.75, 3.05) is 6.54 Å². The van der Waals surface area contributed by atoms with Crippen LogP contribution in [0.5, 0.6) is 0 Å². The van der Waals surface area contributed by atoms with Crippen molar-refractivity contribution in [2.24, 2.45) is 5.92 Å². The maximum Gasteiger partial charge on any atom is 0.0762 e. The van der Waals surface area contributed by atoms with E-state index in [0.717, 1.165) is 31.1 Å². The van der Waals surface area contributed by atoms with Gasteiger partial charge in [-0.25, -0.2) is 0 Å². The van der Waals surface area contributed by atoms with Crippen LogP contribution in [0.1, 0.15) is 44.8 Å². The van der Waals surface area contributed by atoms with Gasteiger partial charge in [-0.05, 0) is 44.7 Å². The van der Waals surface area contributed by atoms with E-state index in [-0.39, 0.29) is 0 Å². The van der Waals surface area contributed by atoms with Gasteiger partial charge < -0.3 is 5.32 Å². The topological polar surface area (TPSA) is 29.9 Å². The molecule has 1 saturated carbocycles. The molecular formula is C12H21N3. The molecule has 1 heterocycles. The summed E-state index contributed by atoms with van der Waals surface area (Å²) in [6, 6.07) is 2.63. The van der Waals surface area contributed by atoms with Crippen molar-refractivity contribution < 1.29 is 0 Å². The second kappa shape index (κ2) is 4.79. The molecule has 84 valence electrons. The molecule has 0 amide bonds. The third kappa shape index (κ3) is 3.06. The largest absolute Gasteiger partial charge is 0.311 e. The normalized spacial score (nSPS) is 18.0. The molecule has 1 atom stereocenters. The summed E-state index contributed by atoms with van der Waals surface area (Å²) in [6.45, 7) is 6.47. The van der Waals surface area contributed by atoms with Crippen molar-refractivity contribution in [3.8, 4) is 0 Å². The molecule has 1 aliphatic rings. The fourth-order valence-electron chi connectivity index (χ4n) is 1.63. The van der Waals surface area contributed by atoms with Gasteiger partial charge in [0.15, 0.2) is 0 Å². The van der Waals surface area contributed by atoms with E-state index in [2.05, 4.69) is 41.2 Å². The van der Waals surface area contributed by atoms with Crippen LogP contribution in [0.3, 0.4) is 0 Å². The van der Waals surface area contributed by atoms with Crippen LogP contribution in [0.4, 0.5) is 0 Å². The average molecular weight is 207 g/mol. The minimum absolute atomic E-state index is 0.516. The van der Waals surface area contributed by atoms with E-state index in [9.17, 15) is 0 Å². The van der Waals surface area contributed by atoms with Crippen molar-refractivity contribution in [1.29, 1.82) is 0 Å². The summed E-state index contributed by atoms with van der Waals surface area (Å²) in [5.41, 5.74) is 1.16. The minimum Gasteiger partial charge on any atom is -0.311 e. The van der Waals surface area contributed by atoms with Gasteiger partial charge in [0.05, 0.1) is 5.69 Å². The second-order valence-corrected chi connectivity index (χ2v) is 4.62. The first-order valence-electron chi connectivity index (χ1n) is 6.04. The molecule has 3 heteroatoms. The Morgan fingerprint density at radius 2 is 2.40 bits per heavy atom. The zero-order valence-electron chi connectivity index (χ0n) is 9.74. The number of hydrogen-bond donors (Lipinski definition) is 1. The predicted octanol–water partition coefficient (Wildman–Crippen LogP) is 2.35. The van der Waals surface area contributed by atoms with Crippen molar-refractivity contribution in [1.82, 2.24) is 15.1 Å². The summed E-state index contributed by atoms with van der Waals surface area (Å²) < 4.78 is 2.06. The molecule has 2 rings (SSSR count). The Kier molecular flexibility index (Phi) is 3.41. The Balaban J connectivity index is 1.77. The summed E-state index contributed by atoms with van der Waals surface area (Å²) in [5, 5.41) is 8.01. The molecule has 0 aliphatic heterocycles. The SMILES string of the molecule is CCC(C)n1ccc(CNCC2CC2)n1. The molecule has 1 aromatic rings. The zero-order valence-corrected chi connectivity index (χ0v) is 9.74. The molecule has 0 radical (unpaired) electrons. The fraction of sp³-hybridized carbons (Fsp3) is 0.750. The van der Waals surface area contributed by atoms with Gasteiger partial charge in [-0.3, -0.25) is 4.68 Å². The summed E-state index contributed by atoms with van der Waals surface area (Å²) in [6.07, 6.45) is 6.04. The highest BCUT2D eigenvalue weighted by molar-refractivity contribution is 4.99. The maximum absolute atomic E-state index is 4.55. The smallest absolute Gasteiger partial charge is 0.0762 e. The molecule has 1 fully saturated rings. The highest BCUT2D eigenvalue weighted by Gasteiger charge is 2.20. The molecule has 1 unspecified atom stereocenters. The summed E-state index contributed by atoms with van der Waals surface area (Å²) in [5.74, 6) is 0.946. The van der Waals surface area contributed by atoms with Crippen LogP contribution < -0.4 is 5.32 Å². The fourth-order valence-corrected chi connectivity index (χ4v) is 1.63. The van der Waals surface area contributed by atoms with Gasteiger partial charge in [-0.15, -0.1) is 0 Å². The number of aromatic nitrogens is 2. The van der Waals surface area contributed by atoms with Gasteiger partial charge in [-0.1, -0.05) is 6.92 Å². The predicted molar refractivity (Wildman–Crippen MR) is 61.7 cm³/mol. The van der Waals surface area contributed by atoms with Gasteiger partial charge in [0.25, 0.3) is 0 Å². The first kappa shape index (κ1) is 10.7. The third-order valence-corrected chi connectivity index (χ3v) is 3.14. The van der Waals surface area contributed by atoms with E-state index in [4.69, 9.17) is 0 Å². The van der Waals surface area contributed by atoms with Gasteiger partial charge in [0.1, 0.15) is 0 Å². The van der Waals surface area contributed by atoms with Crippen molar-refractivity contribution in [3.05, 3.63) is 18.0 Å². The molecule has 1 aliphatic carbocycles. The van der Waals surface area contributed by atoms with E-state index in [1.54, 1.807) is 0 Å². The highest BCUT2D eigenvalue weighted by Crippen LogP contribution is 2.27. The monoisotopic (exact) mass is 207 g/mol. The lowest BCUT2D eigenvalue weighted by atomic mass is 10.3. The first-order chi connectivity index (χ1) is 7.29. The Hall–Kier alpha value is -0.830. The Bertz CT molecular complexity index is 302. The molecule has 1 aromatic heterocycles. The summed E-state index contributed by atoms with van der Waals surface area (Å²) in [7, 11) is 0. The van der Waals surface area contributed by atoms with Crippen LogP contribution >= 0.6 is 0 Å². The third-order valence-electron chi connectivity index (χ3n) is 3.14. The molecule has 3 nitrogen and oxygen atoms in total. The molecule has 0 aromatic carbocycles. The lowest BCUT2D eigenvalue weighted by Gasteiger charge is -2.08. The van der Waals surface area contributed by atoms with E-state index in [1.807, 2.05) is 0 Å². The van der Waals surface area contributed by atoms with Gasteiger partial charge >= 0.3 is 0 Å². The lowest BCUT2D eigenvalue weighted by molar-refractivity contribution is 0.471. The molecule has 0 saturated heterocycles. The van der Waals surface area contributed by atoms with Crippen molar-refractivity contribution >= 4 is 0 Å². The molecule has 1 N–H and O–H groups in total. The van der Waals surface area contributed by atoms with E-state index < -0.39 is 0 Å². The molecule has 0 spiro atoms. The molecule has 0 bridgehead atoms. The van der Waals surface area contributed by atoms with Crippen molar-refractivity contribution in [3.63, 3.8) is 0 Å². The van der Waals surface area contributed by atoms with Crippen LogP contribution in [-0.4, -0.2) is 16.3 Å². The van der Waals surface area contributed by atoms with Crippen LogP contribution in [0.15, 0.2) is 12.3 Å². The zero-order chi connectivity index (χ0) is 10.7. The maximum atomic E-state index is 4.55. The van der Waals surface area contributed by atoms with E-state index in [0.29, 0.717) is 6.04 Å². The van der Waals surface area contributed by atoms with Crippen molar-refractivity contribution in [2.45, 2.75) is 45.7 Å². The number of rotatable bonds is 6. The standard InChI is InChI=1S/C12H21N3/c1-3-10(2)15-7-6-12(14-15)9-13-8-11-4-5-11/h6-7,10-11,13H,3-5,8-9H2,1-2H3. The Labute approximate surface area is 91.9 Å². The van der Waals surface area contributed by atoms with Crippen LogP contribution in [0.2, 0.25) is 0 Å². The second-order valence-electron chi connectivity index (χ2n) is 4.62. The van der Waals surface area contributed by atoms with Gasteiger partial charge in [-0.2, -0.15) is 5.10 Å². The lowest BCUT2D eigenvalue weighted by Crippen LogP contribution is -2.17. The average Bonchev–Trinajstić information content (AvgIpc) is 2.94. The van der Waals surface area contributed by atoms with Gasteiger partial charge in [0.2, 0.25) is 0 Å². The number of nitrogens with one attached hydrogen (secondary N) is 1. The van der Waals surface area contributed by atoms with Crippen LogP contribution in [0, 0.1) is 5.92 Å². The quantitative estimate of drug-likeness (QED) is 0.776. The summed E-state index contributed by atoms with van der Waals surface area (Å²) >= 11 is 0. The molecular weight excluding hydrogens is 186 g/mol. The first-order valence-corrected chi connectivity index (χ1v) is 6.04. The highest BCUT2D eigenvalue weighted by atomic mass is 15.3. The van der Waals surface area contributed by atoms with Crippen LogP contribution in [-0.2, 0) is 6.54 Å². The molecule has 15 heavy (non-hydrogen) atoms. The summed E-state index contributed by atoms with van der Waals surface area (Å²) in [4.78, 5) is 0. The number of nitrogens with zero attached hydrogens (tertiary/aromatic N) is 2. The van der Waals surface area contributed by atoms with E-state index in [1.165, 1.54) is 12.8 Å². The van der Waals surface area contributed by atoms with E-state index >= 15 is 0 Å². The number of hydrogen-bond acceptors (Lipinski definition) is 2. The minimum atomic E-state index is 0.516. The van der Waals surface area contributed by atoms with Gasteiger partial charge in [0, 0.05) is 18.8 Å².